The maximum absolute atomic E-state index is 12.9. The molecular formula is C11H16F3N3O3S. The lowest BCUT2D eigenvalue weighted by Gasteiger charge is -2.15. The summed E-state index contributed by atoms with van der Waals surface area (Å²) in [6, 6.07) is -0.326. The van der Waals surface area contributed by atoms with Crippen molar-refractivity contribution in [3.05, 3.63) is 11.3 Å². The minimum absolute atomic E-state index is 0.0469. The van der Waals surface area contributed by atoms with Crippen molar-refractivity contribution in [3.8, 4) is 5.88 Å². The number of fused-ring (bicyclic) bond motifs is 1. The first-order chi connectivity index (χ1) is 9.58. The number of nitrogens with zero attached hydrogens (tertiary/aromatic N) is 2. The van der Waals surface area contributed by atoms with Crippen molar-refractivity contribution in [2.45, 2.75) is 25.2 Å². The van der Waals surface area contributed by atoms with Gasteiger partial charge in [-0.25, -0.2) is 13.1 Å². The summed E-state index contributed by atoms with van der Waals surface area (Å²) >= 11 is 0. The third-order valence-electron chi connectivity index (χ3n) is 3.18. The van der Waals surface area contributed by atoms with Crippen molar-refractivity contribution in [2.24, 2.45) is 7.05 Å². The first-order valence-electron chi connectivity index (χ1n) is 6.25. The summed E-state index contributed by atoms with van der Waals surface area (Å²) in [6.45, 7) is 0.0335. The van der Waals surface area contributed by atoms with Crippen LogP contribution in [0, 0.1) is 0 Å². The molecule has 1 aromatic rings. The Morgan fingerprint density at radius 2 is 2.14 bits per heavy atom. The van der Waals surface area contributed by atoms with Gasteiger partial charge in [-0.3, -0.25) is 0 Å². The molecule has 2 heterocycles. The fourth-order valence-electron chi connectivity index (χ4n) is 2.15. The predicted molar refractivity (Wildman–Crippen MR) is 68.7 cm³/mol. The van der Waals surface area contributed by atoms with E-state index < -0.39 is 21.7 Å². The Morgan fingerprint density at radius 3 is 2.71 bits per heavy atom. The minimum atomic E-state index is -4.55. The standard InChI is InChI=1S/C11H16F3N3O3S/c1-17-10-8(9(16-17)11(12,13)14)5-15-7(6-20-10)3-4-21(2,18)19/h7,15H,3-6H2,1-2H3. The Balaban J connectivity index is 2.15. The molecule has 1 aliphatic heterocycles. The predicted octanol–water partition coefficient (Wildman–Crippen LogP) is 0.724. The number of alkyl halides is 3. The van der Waals surface area contributed by atoms with Crippen LogP contribution in [0.15, 0.2) is 0 Å². The second kappa shape index (κ2) is 5.48. The summed E-state index contributed by atoms with van der Waals surface area (Å²) in [5.74, 6) is 0.0195. The van der Waals surface area contributed by atoms with Crippen LogP contribution in [0.2, 0.25) is 0 Å². The zero-order valence-electron chi connectivity index (χ0n) is 11.6. The maximum Gasteiger partial charge on any atom is 0.435 e. The van der Waals surface area contributed by atoms with E-state index >= 15 is 0 Å². The molecule has 1 N–H and O–H groups in total. The summed E-state index contributed by atoms with van der Waals surface area (Å²) in [6.07, 6.45) is -3.16. The lowest BCUT2D eigenvalue weighted by Crippen LogP contribution is -2.34. The molecule has 0 aromatic carbocycles. The molecule has 0 bridgehead atoms. The lowest BCUT2D eigenvalue weighted by molar-refractivity contribution is -0.142. The van der Waals surface area contributed by atoms with Crippen LogP contribution in [-0.4, -0.2) is 42.9 Å². The average Bonchev–Trinajstić information content (AvgIpc) is 2.53. The van der Waals surface area contributed by atoms with Crippen LogP contribution in [0.25, 0.3) is 0 Å². The van der Waals surface area contributed by atoms with Gasteiger partial charge in [-0.15, -0.1) is 0 Å². The quantitative estimate of drug-likeness (QED) is 0.886. The van der Waals surface area contributed by atoms with E-state index in [0.29, 0.717) is 0 Å². The molecule has 0 amide bonds. The Kier molecular flexibility index (Phi) is 4.20. The monoisotopic (exact) mass is 327 g/mol. The number of hydrogen-bond acceptors (Lipinski definition) is 5. The Morgan fingerprint density at radius 1 is 1.48 bits per heavy atom. The Labute approximate surface area is 120 Å². The number of aromatic nitrogens is 2. The Bertz CT molecular complexity index is 625. The molecule has 0 radical (unpaired) electrons. The van der Waals surface area contributed by atoms with Crippen LogP contribution < -0.4 is 10.1 Å². The van der Waals surface area contributed by atoms with Gasteiger partial charge in [0.25, 0.3) is 0 Å². The zero-order chi connectivity index (χ0) is 15.8. The highest BCUT2D eigenvalue weighted by Crippen LogP contribution is 2.36. The van der Waals surface area contributed by atoms with Crippen LogP contribution in [-0.2, 0) is 29.6 Å². The molecule has 2 rings (SSSR count). The van der Waals surface area contributed by atoms with Gasteiger partial charge in [-0.05, 0) is 6.42 Å². The summed E-state index contributed by atoms with van der Waals surface area (Å²) in [5.41, 5.74) is -1.02. The SMILES string of the molecule is Cn1nc(C(F)(F)F)c2c1OCC(CCS(C)(=O)=O)NC2. The Hall–Kier alpha value is -1.29. The van der Waals surface area contributed by atoms with E-state index in [9.17, 15) is 21.6 Å². The average molecular weight is 327 g/mol. The molecule has 0 saturated heterocycles. The van der Waals surface area contributed by atoms with Gasteiger partial charge in [-0.1, -0.05) is 0 Å². The number of halogens is 3. The summed E-state index contributed by atoms with van der Waals surface area (Å²) < 4.78 is 67.4. The number of hydrogen-bond donors (Lipinski definition) is 1. The topological polar surface area (TPSA) is 73.2 Å². The fraction of sp³-hybridized carbons (Fsp3) is 0.727. The van der Waals surface area contributed by atoms with E-state index in [0.717, 1.165) is 10.9 Å². The first-order valence-corrected chi connectivity index (χ1v) is 8.31. The first kappa shape index (κ1) is 16.1. The smallest absolute Gasteiger partial charge is 0.435 e. The van der Waals surface area contributed by atoms with Gasteiger partial charge >= 0.3 is 6.18 Å². The molecule has 0 fully saturated rings. The molecule has 1 unspecified atom stereocenters. The van der Waals surface area contributed by atoms with Crippen molar-refractivity contribution < 1.29 is 26.3 Å². The van der Waals surface area contributed by atoms with Crippen LogP contribution in [0.1, 0.15) is 17.7 Å². The molecular weight excluding hydrogens is 311 g/mol. The van der Waals surface area contributed by atoms with Gasteiger partial charge in [0.05, 0.1) is 11.3 Å². The third-order valence-corrected chi connectivity index (χ3v) is 4.16. The van der Waals surface area contributed by atoms with Gasteiger partial charge in [0.1, 0.15) is 16.4 Å². The number of ether oxygens (including phenoxy) is 1. The van der Waals surface area contributed by atoms with E-state index in [4.69, 9.17) is 4.74 Å². The van der Waals surface area contributed by atoms with Gasteiger partial charge in [-0.2, -0.15) is 18.3 Å². The van der Waals surface area contributed by atoms with Gasteiger partial charge in [0.2, 0.25) is 5.88 Å². The number of nitrogens with one attached hydrogen (secondary N) is 1. The highest BCUT2D eigenvalue weighted by atomic mass is 32.2. The largest absolute Gasteiger partial charge is 0.476 e. The maximum atomic E-state index is 12.9. The van der Waals surface area contributed by atoms with Crippen molar-refractivity contribution in [1.82, 2.24) is 15.1 Å². The van der Waals surface area contributed by atoms with Crippen LogP contribution >= 0.6 is 0 Å². The number of aryl methyl sites for hydroxylation is 1. The summed E-state index contributed by atoms with van der Waals surface area (Å²) in [4.78, 5) is 0. The van der Waals surface area contributed by atoms with Gasteiger partial charge < -0.3 is 10.1 Å². The van der Waals surface area contributed by atoms with E-state index in [2.05, 4.69) is 10.4 Å². The molecule has 0 spiro atoms. The van der Waals surface area contributed by atoms with Crippen molar-refractivity contribution in [1.29, 1.82) is 0 Å². The molecule has 120 valence electrons. The van der Waals surface area contributed by atoms with Crippen LogP contribution in [0.3, 0.4) is 0 Å². The van der Waals surface area contributed by atoms with E-state index in [1.807, 2.05) is 0 Å². The number of sulfone groups is 1. The molecule has 21 heavy (non-hydrogen) atoms. The second-order valence-corrected chi connectivity index (χ2v) is 7.32. The molecule has 1 aliphatic rings. The highest BCUT2D eigenvalue weighted by Gasteiger charge is 2.40. The fourth-order valence-corrected chi connectivity index (χ4v) is 2.86. The van der Waals surface area contributed by atoms with Crippen molar-refractivity contribution in [2.75, 3.05) is 18.6 Å². The van der Waals surface area contributed by atoms with E-state index in [1.165, 1.54) is 7.05 Å². The van der Waals surface area contributed by atoms with Gasteiger partial charge in [0.15, 0.2) is 5.69 Å². The van der Waals surface area contributed by atoms with Crippen molar-refractivity contribution in [3.63, 3.8) is 0 Å². The summed E-state index contributed by atoms with van der Waals surface area (Å²) in [7, 11) is -1.74. The molecule has 1 aromatic heterocycles. The van der Waals surface area contributed by atoms with Crippen LogP contribution in [0.4, 0.5) is 13.2 Å². The van der Waals surface area contributed by atoms with E-state index in [1.54, 1.807) is 0 Å². The lowest BCUT2D eigenvalue weighted by atomic mass is 10.2. The molecule has 0 saturated carbocycles. The minimum Gasteiger partial charge on any atom is -0.476 e. The number of rotatable bonds is 3. The zero-order valence-corrected chi connectivity index (χ0v) is 12.4. The van der Waals surface area contributed by atoms with Crippen LogP contribution in [0.5, 0.6) is 5.88 Å². The highest BCUT2D eigenvalue weighted by molar-refractivity contribution is 7.90. The summed E-state index contributed by atoms with van der Waals surface area (Å²) in [5, 5.41) is 6.34. The molecule has 0 aliphatic carbocycles. The van der Waals surface area contributed by atoms with E-state index in [-0.39, 0.29) is 42.8 Å². The van der Waals surface area contributed by atoms with Crippen molar-refractivity contribution >= 4 is 9.84 Å². The second-order valence-electron chi connectivity index (χ2n) is 5.06. The third kappa shape index (κ3) is 3.88. The van der Waals surface area contributed by atoms with Gasteiger partial charge in [0, 0.05) is 25.9 Å². The molecule has 10 heteroatoms. The normalized spacial score (nSPS) is 19.8. The molecule has 1 atom stereocenters. The molecule has 6 nitrogen and oxygen atoms in total.